The van der Waals surface area contributed by atoms with Gasteiger partial charge in [0, 0.05) is 18.2 Å². The number of hydrogen-bond donors (Lipinski definition) is 1. The summed E-state index contributed by atoms with van der Waals surface area (Å²) in [6.45, 7) is 7.22. The fourth-order valence-corrected chi connectivity index (χ4v) is 2.44. The largest absolute Gasteiger partial charge is 0.361 e. The molecular formula is C12H20N2O. The van der Waals surface area contributed by atoms with Gasteiger partial charge in [0.05, 0.1) is 5.69 Å². The Bertz CT molecular complexity index is 313. The van der Waals surface area contributed by atoms with Crippen molar-refractivity contribution >= 4 is 0 Å². The maximum Gasteiger partial charge on any atom is 0.138 e. The molecule has 1 aromatic heterocycles. The predicted octanol–water partition coefficient (Wildman–Crippen LogP) is 2.57. The molecule has 84 valence electrons. The summed E-state index contributed by atoms with van der Waals surface area (Å²) in [6, 6.07) is 0.679. The molecule has 2 atom stereocenters. The minimum atomic E-state index is 0.679. The highest BCUT2D eigenvalue weighted by Crippen LogP contribution is 2.25. The molecule has 15 heavy (non-hydrogen) atoms. The lowest BCUT2D eigenvalue weighted by Gasteiger charge is -2.16. The summed E-state index contributed by atoms with van der Waals surface area (Å²) in [7, 11) is 0. The molecule has 0 aliphatic heterocycles. The highest BCUT2D eigenvalue weighted by atomic mass is 16.5. The molecule has 0 amide bonds. The molecule has 1 saturated carbocycles. The van der Waals surface area contributed by atoms with Gasteiger partial charge < -0.3 is 9.84 Å². The third-order valence-corrected chi connectivity index (χ3v) is 3.58. The summed E-state index contributed by atoms with van der Waals surface area (Å²) in [4.78, 5) is 0. The van der Waals surface area contributed by atoms with Crippen LogP contribution in [-0.2, 0) is 6.54 Å². The summed E-state index contributed by atoms with van der Waals surface area (Å²) in [5.74, 6) is 1.76. The van der Waals surface area contributed by atoms with Crippen LogP contribution in [0.5, 0.6) is 0 Å². The minimum absolute atomic E-state index is 0.679. The van der Waals surface area contributed by atoms with E-state index in [1.54, 1.807) is 0 Å². The first-order valence-electron chi connectivity index (χ1n) is 5.83. The van der Waals surface area contributed by atoms with Crippen molar-refractivity contribution in [3.8, 4) is 0 Å². The van der Waals surface area contributed by atoms with Crippen LogP contribution in [0, 0.1) is 19.8 Å². The van der Waals surface area contributed by atoms with Crippen LogP contribution in [0.15, 0.2) is 4.52 Å². The van der Waals surface area contributed by atoms with Crippen LogP contribution in [-0.4, -0.2) is 11.2 Å². The summed E-state index contributed by atoms with van der Waals surface area (Å²) in [5, 5.41) is 7.58. The molecule has 0 spiro atoms. The number of nitrogens with one attached hydrogen (secondary N) is 1. The first kappa shape index (κ1) is 10.7. The van der Waals surface area contributed by atoms with E-state index in [0.29, 0.717) is 6.04 Å². The molecule has 0 aromatic carbocycles. The molecule has 0 saturated heterocycles. The van der Waals surface area contributed by atoms with Gasteiger partial charge in [-0.1, -0.05) is 18.5 Å². The van der Waals surface area contributed by atoms with Gasteiger partial charge in [0.15, 0.2) is 0 Å². The van der Waals surface area contributed by atoms with E-state index >= 15 is 0 Å². The Kier molecular flexibility index (Phi) is 3.10. The lowest BCUT2D eigenvalue weighted by Crippen LogP contribution is -2.30. The average molecular weight is 208 g/mol. The first-order chi connectivity index (χ1) is 7.18. The van der Waals surface area contributed by atoms with Gasteiger partial charge in [-0.3, -0.25) is 0 Å². The maximum absolute atomic E-state index is 5.15. The number of hydrogen-bond acceptors (Lipinski definition) is 3. The van der Waals surface area contributed by atoms with Gasteiger partial charge in [-0.05, 0) is 32.6 Å². The van der Waals surface area contributed by atoms with Crippen LogP contribution in [0.4, 0.5) is 0 Å². The lowest BCUT2D eigenvalue weighted by atomic mass is 10.1. The minimum Gasteiger partial charge on any atom is -0.361 e. The van der Waals surface area contributed by atoms with Gasteiger partial charge >= 0.3 is 0 Å². The van der Waals surface area contributed by atoms with Crippen molar-refractivity contribution < 1.29 is 4.52 Å². The zero-order valence-electron chi connectivity index (χ0n) is 9.84. The predicted molar refractivity (Wildman–Crippen MR) is 59.6 cm³/mol. The molecule has 3 nitrogen and oxygen atoms in total. The second kappa shape index (κ2) is 4.35. The van der Waals surface area contributed by atoms with Crippen molar-refractivity contribution in [1.29, 1.82) is 0 Å². The molecule has 1 heterocycles. The molecule has 2 rings (SSSR count). The standard InChI is InChI=1S/C12H20N2O/c1-8-5-4-6-12(8)13-7-11-9(2)14-15-10(11)3/h8,12-13H,4-7H2,1-3H3. The normalized spacial score (nSPS) is 26.1. The highest BCUT2D eigenvalue weighted by molar-refractivity contribution is 5.20. The molecule has 1 fully saturated rings. The van der Waals surface area contributed by atoms with Crippen LogP contribution in [0.25, 0.3) is 0 Å². The van der Waals surface area contributed by atoms with Crippen LogP contribution >= 0.6 is 0 Å². The number of aromatic nitrogens is 1. The van der Waals surface area contributed by atoms with Gasteiger partial charge in [0.25, 0.3) is 0 Å². The average Bonchev–Trinajstić information content (AvgIpc) is 2.73. The summed E-state index contributed by atoms with van der Waals surface area (Å²) >= 11 is 0. The van der Waals surface area contributed by atoms with E-state index in [4.69, 9.17) is 4.52 Å². The second-order valence-electron chi connectivity index (χ2n) is 4.70. The van der Waals surface area contributed by atoms with Crippen molar-refractivity contribution in [3.63, 3.8) is 0 Å². The Morgan fingerprint density at radius 3 is 2.73 bits per heavy atom. The summed E-state index contributed by atoms with van der Waals surface area (Å²) in [5.41, 5.74) is 2.25. The van der Waals surface area contributed by atoms with E-state index in [2.05, 4.69) is 17.4 Å². The van der Waals surface area contributed by atoms with Crippen LogP contribution in [0.3, 0.4) is 0 Å². The van der Waals surface area contributed by atoms with Crippen molar-refractivity contribution in [2.45, 2.75) is 52.6 Å². The lowest BCUT2D eigenvalue weighted by molar-refractivity contribution is 0.389. The molecule has 1 N–H and O–H groups in total. The van der Waals surface area contributed by atoms with E-state index in [-0.39, 0.29) is 0 Å². The van der Waals surface area contributed by atoms with E-state index in [9.17, 15) is 0 Å². The van der Waals surface area contributed by atoms with Gasteiger partial charge in [-0.25, -0.2) is 0 Å². The summed E-state index contributed by atoms with van der Waals surface area (Å²) in [6.07, 6.45) is 4.03. The quantitative estimate of drug-likeness (QED) is 0.829. The zero-order valence-corrected chi connectivity index (χ0v) is 9.84. The fourth-order valence-electron chi connectivity index (χ4n) is 2.44. The Morgan fingerprint density at radius 1 is 1.40 bits per heavy atom. The molecule has 0 bridgehead atoms. The topological polar surface area (TPSA) is 38.1 Å². The first-order valence-corrected chi connectivity index (χ1v) is 5.83. The van der Waals surface area contributed by atoms with Gasteiger partial charge in [0.2, 0.25) is 0 Å². The number of nitrogens with zero attached hydrogens (tertiary/aromatic N) is 1. The highest BCUT2D eigenvalue weighted by Gasteiger charge is 2.23. The van der Waals surface area contributed by atoms with Crippen molar-refractivity contribution in [1.82, 2.24) is 10.5 Å². The Balaban J connectivity index is 1.93. The third-order valence-electron chi connectivity index (χ3n) is 3.58. The zero-order chi connectivity index (χ0) is 10.8. The molecule has 1 aliphatic carbocycles. The molecular weight excluding hydrogens is 188 g/mol. The van der Waals surface area contributed by atoms with Crippen molar-refractivity contribution in [3.05, 3.63) is 17.0 Å². The number of aryl methyl sites for hydroxylation is 2. The van der Waals surface area contributed by atoms with Crippen molar-refractivity contribution in [2.75, 3.05) is 0 Å². The molecule has 2 unspecified atom stereocenters. The van der Waals surface area contributed by atoms with Gasteiger partial charge in [-0.2, -0.15) is 0 Å². The van der Waals surface area contributed by atoms with E-state index in [1.165, 1.54) is 24.8 Å². The van der Waals surface area contributed by atoms with Crippen LogP contribution < -0.4 is 5.32 Å². The van der Waals surface area contributed by atoms with E-state index in [1.807, 2.05) is 13.8 Å². The SMILES string of the molecule is Cc1noc(C)c1CNC1CCCC1C. The molecule has 3 heteroatoms. The smallest absolute Gasteiger partial charge is 0.138 e. The van der Waals surface area contributed by atoms with Crippen LogP contribution in [0.2, 0.25) is 0 Å². The fraction of sp³-hybridized carbons (Fsp3) is 0.750. The van der Waals surface area contributed by atoms with Gasteiger partial charge in [-0.15, -0.1) is 0 Å². The Labute approximate surface area is 91.2 Å². The second-order valence-corrected chi connectivity index (χ2v) is 4.70. The van der Waals surface area contributed by atoms with Gasteiger partial charge in [0.1, 0.15) is 5.76 Å². The molecule has 1 aliphatic rings. The number of rotatable bonds is 3. The van der Waals surface area contributed by atoms with Crippen LogP contribution in [0.1, 0.15) is 43.2 Å². The van der Waals surface area contributed by atoms with E-state index < -0.39 is 0 Å². The molecule has 0 radical (unpaired) electrons. The maximum atomic E-state index is 5.15. The Morgan fingerprint density at radius 2 is 2.20 bits per heavy atom. The monoisotopic (exact) mass is 208 g/mol. The Hall–Kier alpha value is -0.830. The van der Waals surface area contributed by atoms with E-state index in [0.717, 1.165) is 23.9 Å². The summed E-state index contributed by atoms with van der Waals surface area (Å²) < 4.78 is 5.15. The third kappa shape index (κ3) is 2.23. The molecule has 1 aromatic rings. The van der Waals surface area contributed by atoms with Crippen molar-refractivity contribution in [2.24, 2.45) is 5.92 Å².